The Morgan fingerprint density at radius 2 is 1.75 bits per heavy atom. The largest absolute Gasteiger partial charge is 0.465 e. The van der Waals surface area contributed by atoms with E-state index in [9.17, 15) is 12.8 Å². The number of benzene rings is 1. The first-order valence-corrected chi connectivity index (χ1v) is 10.1. The van der Waals surface area contributed by atoms with Crippen molar-refractivity contribution in [3.8, 4) is 11.8 Å². The minimum absolute atomic E-state index is 0.253. The fourth-order valence-corrected chi connectivity index (χ4v) is 3.22. The molecular formula is C19H26FN3O4S. The molecule has 1 aliphatic rings. The van der Waals surface area contributed by atoms with Crippen LogP contribution in [0.25, 0.3) is 0 Å². The summed E-state index contributed by atoms with van der Waals surface area (Å²) in [7, 11) is -2.24. The molecule has 2 rings (SSSR count). The summed E-state index contributed by atoms with van der Waals surface area (Å²) in [5, 5.41) is 7.19. The van der Waals surface area contributed by atoms with E-state index < -0.39 is 16.4 Å². The van der Waals surface area contributed by atoms with Crippen molar-refractivity contribution < 1.29 is 22.7 Å². The van der Waals surface area contributed by atoms with Gasteiger partial charge in [0, 0.05) is 38.3 Å². The van der Waals surface area contributed by atoms with E-state index in [0.717, 1.165) is 24.9 Å². The van der Waals surface area contributed by atoms with Crippen LogP contribution in [0.5, 0.6) is 0 Å². The fraction of sp³-hybridized carbons (Fsp3) is 0.474. The van der Waals surface area contributed by atoms with Gasteiger partial charge >= 0.3 is 6.09 Å². The second-order valence-electron chi connectivity index (χ2n) is 6.05. The smallest absolute Gasteiger partial charge is 0.402 e. The Morgan fingerprint density at radius 1 is 1.18 bits per heavy atom. The minimum Gasteiger partial charge on any atom is -0.465 e. The van der Waals surface area contributed by atoms with Gasteiger partial charge in [-0.05, 0) is 30.7 Å². The highest BCUT2D eigenvalue weighted by molar-refractivity contribution is 7.72. The van der Waals surface area contributed by atoms with Gasteiger partial charge in [-0.15, -0.1) is 5.92 Å². The maximum absolute atomic E-state index is 13.0. The summed E-state index contributed by atoms with van der Waals surface area (Å²) >= 11 is 0. The summed E-state index contributed by atoms with van der Waals surface area (Å²) < 4.78 is 36.0. The molecule has 1 fully saturated rings. The Bertz CT molecular complexity index is 809. The van der Waals surface area contributed by atoms with E-state index >= 15 is 0 Å². The van der Waals surface area contributed by atoms with Crippen LogP contribution in [-0.2, 0) is 10.3 Å². The third-order valence-electron chi connectivity index (χ3n) is 4.04. The number of halogens is 1. The fourth-order valence-electron chi connectivity index (χ4n) is 2.63. The van der Waals surface area contributed by atoms with Gasteiger partial charge in [0.25, 0.3) is 0 Å². The van der Waals surface area contributed by atoms with E-state index in [-0.39, 0.29) is 12.2 Å². The van der Waals surface area contributed by atoms with Crippen LogP contribution < -0.4 is 10.6 Å². The van der Waals surface area contributed by atoms with E-state index in [2.05, 4.69) is 29.4 Å². The molecule has 1 aliphatic heterocycles. The van der Waals surface area contributed by atoms with Gasteiger partial charge in [0.15, 0.2) is 0 Å². The Balaban J connectivity index is 0.000000892. The lowest BCUT2D eigenvalue weighted by atomic mass is 10.2. The van der Waals surface area contributed by atoms with E-state index in [1.807, 2.05) is 4.90 Å². The first kappa shape index (κ1) is 23.5. The van der Waals surface area contributed by atoms with Crippen LogP contribution in [0.3, 0.4) is 0 Å². The van der Waals surface area contributed by atoms with Crippen molar-refractivity contribution in [1.29, 1.82) is 0 Å². The second-order valence-corrected chi connectivity index (χ2v) is 6.99. The van der Waals surface area contributed by atoms with Gasteiger partial charge in [-0.1, -0.05) is 19.3 Å². The van der Waals surface area contributed by atoms with Crippen molar-refractivity contribution in [3.05, 3.63) is 30.1 Å². The third kappa shape index (κ3) is 8.88. The molecular weight excluding hydrogens is 385 g/mol. The molecule has 0 aliphatic carbocycles. The maximum Gasteiger partial charge on any atom is 0.402 e. The summed E-state index contributed by atoms with van der Waals surface area (Å²) in [5.74, 6) is 5.75. The normalized spacial score (nSPS) is 13.6. The quantitative estimate of drug-likeness (QED) is 0.447. The zero-order valence-corrected chi connectivity index (χ0v) is 16.7. The van der Waals surface area contributed by atoms with Gasteiger partial charge < -0.3 is 15.7 Å². The van der Waals surface area contributed by atoms with Crippen molar-refractivity contribution in [2.75, 3.05) is 31.1 Å². The minimum atomic E-state index is -2.24. The van der Waals surface area contributed by atoms with Crippen LogP contribution in [0.2, 0.25) is 0 Å². The number of rotatable bonds is 4. The van der Waals surface area contributed by atoms with Crippen molar-refractivity contribution >= 4 is 27.1 Å². The predicted octanol–water partition coefficient (Wildman–Crippen LogP) is 2.16. The van der Waals surface area contributed by atoms with E-state index in [0.29, 0.717) is 31.2 Å². The average molecular weight is 411 g/mol. The Morgan fingerprint density at radius 3 is 2.25 bits per heavy atom. The van der Waals surface area contributed by atoms with Gasteiger partial charge in [-0.3, -0.25) is 4.90 Å². The lowest BCUT2D eigenvalue weighted by Crippen LogP contribution is -2.49. The number of unbranched alkanes of at least 4 members (excludes halogenated alkanes) is 2. The molecule has 154 valence electrons. The van der Waals surface area contributed by atoms with Crippen LogP contribution >= 0.6 is 0 Å². The summed E-state index contributed by atoms with van der Waals surface area (Å²) in [6.45, 7) is 4.76. The predicted molar refractivity (Wildman–Crippen MR) is 108 cm³/mol. The number of nitrogens with zero attached hydrogens (tertiary/aromatic N) is 2. The summed E-state index contributed by atoms with van der Waals surface area (Å²) in [4.78, 5) is 13.2. The number of anilines is 1. The highest BCUT2D eigenvalue weighted by Crippen LogP contribution is 2.17. The number of primary amides is 1. The lowest BCUT2D eigenvalue weighted by Gasteiger charge is -2.35. The van der Waals surface area contributed by atoms with Crippen molar-refractivity contribution in [2.24, 2.45) is 5.73 Å². The molecule has 1 aromatic rings. The first-order valence-electron chi connectivity index (χ1n) is 8.99. The number of carboxylic acid groups (broad SMARTS) is 1. The average Bonchev–Trinajstić information content (AvgIpc) is 2.65. The number of nitrogens with two attached hydrogens (primary N) is 1. The van der Waals surface area contributed by atoms with Crippen molar-refractivity contribution in [1.82, 2.24) is 4.90 Å². The number of amides is 1. The zero-order chi connectivity index (χ0) is 20.9. The Labute approximate surface area is 166 Å². The molecule has 0 unspecified atom stereocenters. The summed E-state index contributed by atoms with van der Waals surface area (Å²) in [6.07, 6.45) is 1.88. The molecule has 0 spiro atoms. The van der Waals surface area contributed by atoms with Crippen molar-refractivity contribution in [2.45, 2.75) is 32.6 Å². The van der Waals surface area contributed by atoms with Gasteiger partial charge in [-0.25, -0.2) is 9.18 Å². The molecule has 1 aromatic carbocycles. The van der Waals surface area contributed by atoms with E-state index in [1.54, 1.807) is 12.1 Å². The van der Waals surface area contributed by atoms with Gasteiger partial charge in [0.2, 0.25) is 10.3 Å². The van der Waals surface area contributed by atoms with Crippen LogP contribution in [0, 0.1) is 17.7 Å². The highest BCUT2D eigenvalue weighted by atomic mass is 32.2. The lowest BCUT2D eigenvalue weighted by molar-refractivity contribution is 0.205. The Kier molecular flexibility index (Phi) is 10.7. The molecule has 7 nitrogen and oxygen atoms in total. The number of carbonyl (C=O) groups is 1. The molecule has 1 saturated heterocycles. The Hall–Kier alpha value is -2.57. The topological polar surface area (TPSA) is 104 Å². The van der Waals surface area contributed by atoms with E-state index in [1.165, 1.54) is 12.1 Å². The first-order chi connectivity index (χ1) is 13.3. The summed E-state index contributed by atoms with van der Waals surface area (Å²) in [5.41, 5.74) is 4.99. The monoisotopic (exact) mass is 411 g/mol. The van der Waals surface area contributed by atoms with Crippen LogP contribution in [0.15, 0.2) is 24.3 Å². The van der Waals surface area contributed by atoms with Gasteiger partial charge in [0.05, 0.1) is 6.42 Å². The highest BCUT2D eigenvalue weighted by Gasteiger charge is 2.21. The van der Waals surface area contributed by atoms with Gasteiger partial charge in [0.1, 0.15) is 10.8 Å². The molecule has 0 atom stereocenters. The molecule has 0 aromatic heterocycles. The molecule has 28 heavy (non-hydrogen) atoms. The molecule has 1 heterocycles. The molecule has 0 radical (unpaired) electrons. The molecule has 1 amide bonds. The van der Waals surface area contributed by atoms with Gasteiger partial charge in [-0.2, -0.15) is 8.42 Å². The summed E-state index contributed by atoms with van der Waals surface area (Å²) in [6, 6.07) is 6.39. The SMILES string of the molecule is CCCCC#CCC(N1CCN(c2ccc(F)cc2)CC1)=S(=O)=O.NC(=O)O. The molecule has 9 heteroatoms. The molecule has 0 bridgehead atoms. The number of hydrogen-bond donors (Lipinski definition) is 2. The van der Waals surface area contributed by atoms with Crippen LogP contribution in [0.1, 0.15) is 32.6 Å². The van der Waals surface area contributed by atoms with Crippen LogP contribution in [-0.4, -0.2) is 55.7 Å². The van der Waals surface area contributed by atoms with E-state index in [4.69, 9.17) is 9.90 Å². The molecule has 0 saturated carbocycles. The third-order valence-corrected chi connectivity index (χ3v) is 4.82. The van der Waals surface area contributed by atoms with Crippen molar-refractivity contribution in [3.63, 3.8) is 0 Å². The standard InChI is InChI=1S/C18H23FN2O2S.CH3NO2/c1-2-3-4-5-6-7-18(24(22)23)21-14-12-20(13-15-21)17-10-8-16(19)9-11-17;2-1(3)4/h8-11H,2-4,7,12-15H2,1H3;2H2,(H,3,4). The molecule has 3 N–H and O–H groups in total. The second kappa shape index (κ2) is 12.8. The number of piperazine rings is 1. The zero-order valence-electron chi connectivity index (χ0n) is 15.9. The maximum atomic E-state index is 13.0. The number of hydrogen-bond acceptors (Lipinski definition) is 4. The van der Waals surface area contributed by atoms with Crippen LogP contribution in [0.4, 0.5) is 14.9 Å².